The van der Waals surface area contributed by atoms with Crippen molar-refractivity contribution in [3.8, 4) is 0 Å². The van der Waals surface area contributed by atoms with E-state index >= 15 is 0 Å². The van der Waals surface area contributed by atoms with Crippen LogP contribution < -0.4 is 10.6 Å². The highest BCUT2D eigenvalue weighted by Gasteiger charge is 2.44. The predicted molar refractivity (Wildman–Crippen MR) is 162 cm³/mol. The van der Waals surface area contributed by atoms with Crippen molar-refractivity contribution >= 4 is 23.6 Å². The predicted octanol–water partition coefficient (Wildman–Crippen LogP) is 6.42. The van der Waals surface area contributed by atoms with E-state index in [1.807, 2.05) is 93.6 Å². The van der Waals surface area contributed by atoms with E-state index in [0.717, 1.165) is 46.3 Å². The van der Waals surface area contributed by atoms with Gasteiger partial charge in [-0.25, -0.2) is 4.79 Å². The smallest absolute Gasteiger partial charge is 0.408 e. The van der Waals surface area contributed by atoms with Crippen molar-refractivity contribution in [2.24, 2.45) is 0 Å². The van der Waals surface area contributed by atoms with Crippen LogP contribution in [0.3, 0.4) is 0 Å². The summed E-state index contributed by atoms with van der Waals surface area (Å²) in [5, 5.41) is 5.95. The van der Waals surface area contributed by atoms with Crippen LogP contribution >= 0.6 is 0 Å². The normalized spacial score (nSPS) is 14.5. The molecule has 7 heteroatoms. The summed E-state index contributed by atoms with van der Waals surface area (Å²) in [6, 6.07) is 21.2. The van der Waals surface area contributed by atoms with E-state index in [4.69, 9.17) is 4.74 Å². The van der Waals surface area contributed by atoms with Crippen LogP contribution in [0, 0.1) is 20.8 Å². The van der Waals surface area contributed by atoms with Crippen LogP contribution in [0.2, 0.25) is 0 Å². The zero-order chi connectivity index (χ0) is 29.7. The van der Waals surface area contributed by atoms with Gasteiger partial charge in [-0.2, -0.15) is 0 Å². The molecule has 1 fully saturated rings. The Bertz CT molecular complexity index is 1360. The van der Waals surface area contributed by atoms with Gasteiger partial charge in [-0.15, -0.1) is 0 Å². The average Bonchev–Trinajstić information content (AvgIpc) is 3.74. The van der Waals surface area contributed by atoms with Crippen molar-refractivity contribution in [3.63, 3.8) is 0 Å². The number of nitrogens with zero attached hydrogens (tertiary/aromatic N) is 1. The van der Waals surface area contributed by atoms with Crippen LogP contribution in [0.4, 0.5) is 10.5 Å². The molecule has 0 saturated heterocycles. The molecule has 1 saturated carbocycles. The molecule has 0 bridgehead atoms. The molecular formula is C34H41N3O4. The Balaban J connectivity index is 1.73. The summed E-state index contributed by atoms with van der Waals surface area (Å²) in [5.74, 6) is -0.605. The van der Waals surface area contributed by atoms with E-state index < -0.39 is 23.8 Å². The van der Waals surface area contributed by atoms with Gasteiger partial charge in [0.05, 0.1) is 0 Å². The molecule has 41 heavy (non-hydrogen) atoms. The van der Waals surface area contributed by atoms with Gasteiger partial charge in [-0.3, -0.25) is 9.59 Å². The van der Waals surface area contributed by atoms with Crippen molar-refractivity contribution in [1.82, 2.24) is 10.2 Å². The van der Waals surface area contributed by atoms with Gasteiger partial charge in [0, 0.05) is 18.2 Å². The van der Waals surface area contributed by atoms with Gasteiger partial charge >= 0.3 is 6.09 Å². The van der Waals surface area contributed by atoms with Gasteiger partial charge in [0.25, 0.3) is 5.91 Å². The molecular weight excluding hydrogens is 514 g/mol. The van der Waals surface area contributed by atoms with E-state index in [0.29, 0.717) is 0 Å². The third-order valence-corrected chi connectivity index (χ3v) is 7.12. The molecule has 3 aromatic carbocycles. The Morgan fingerprint density at radius 3 is 2.05 bits per heavy atom. The van der Waals surface area contributed by atoms with Gasteiger partial charge in [0.1, 0.15) is 17.7 Å². The Kier molecular flexibility index (Phi) is 9.16. The summed E-state index contributed by atoms with van der Waals surface area (Å²) < 4.78 is 5.52. The highest BCUT2D eigenvalue weighted by molar-refractivity contribution is 6.00. The zero-order valence-corrected chi connectivity index (χ0v) is 24.9. The number of rotatable bonds is 9. The maximum Gasteiger partial charge on any atom is 0.408 e. The van der Waals surface area contributed by atoms with E-state index in [-0.39, 0.29) is 24.3 Å². The average molecular weight is 556 g/mol. The lowest BCUT2D eigenvalue weighted by Gasteiger charge is -2.35. The molecule has 4 rings (SSSR count). The number of ether oxygens (including phenoxy) is 1. The second-order valence-corrected chi connectivity index (χ2v) is 11.9. The highest BCUT2D eigenvalue weighted by atomic mass is 16.6. The molecule has 1 aliphatic rings. The molecule has 0 aliphatic heterocycles. The van der Waals surface area contributed by atoms with Crippen LogP contribution in [0.25, 0.3) is 0 Å². The molecule has 0 radical (unpaired) electrons. The molecule has 2 N–H and O–H groups in total. The van der Waals surface area contributed by atoms with Gasteiger partial charge in [-0.1, -0.05) is 78.4 Å². The van der Waals surface area contributed by atoms with E-state index in [9.17, 15) is 14.4 Å². The van der Waals surface area contributed by atoms with Gasteiger partial charge in [0.15, 0.2) is 0 Å². The fourth-order valence-electron chi connectivity index (χ4n) is 4.94. The molecule has 3 aromatic rings. The summed E-state index contributed by atoms with van der Waals surface area (Å²) in [5.41, 5.74) is 4.57. The Morgan fingerprint density at radius 1 is 0.878 bits per heavy atom. The monoisotopic (exact) mass is 555 g/mol. The van der Waals surface area contributed by atoms with Crippen molar-refractivity contribution in [1.29, 1.82) is 0 Å². The minimum absolute atomic E-state index is 0.115. The number of nitrogens with one attached hydrogen (secondary N) is 2. The second kappa shape index (κ2) is 12.6. The summed E-state index contributed by atoms with van der Waals surface area (Å²) >= 11 is 0. The van der Waals surface area contributed by atoms with Crippen molar-refractivity contribution < 1.29 is 19.1 Å². The molecule has 3 amide bonds. The number of hydrogen-bond acceptors (Lipinski definition) is 4. The largest absolute Gasteiger partial charge is 0.444 e. The first-order valence-corrected chi connectivity index (χ1v) is 14.2. The number of alkyl carbamates (subject to hydrolysis) is 1. The number of hydrogen-bond donors (Lipinski definition) is 2. The van der Waals surface area contributed by atoms with Gasteiger partial charge < -0.3 is 20.3 Å². The molecule has 7 nitrogen and oxygen atoms in total. The summed E-state index contributed by atoms with van der Waals surface area (Å²) in [6.07, 6.45) is 1.17. The summed E-state index contributed by atoms with van der Waals surface area (Å²) in [7, 11) is 0. The van der Waals surface area contributed by atoms with E-state index in [1.165, 1.54) is 0 Å². The first-order valence-electron chi connectivity index (χ1n) is 14.2. The van der Waals surface area contributed by atoms with Crippen LogP contribution in [0.5, 0.6) is 0 Å². The lowest BCUT2D eigenvalue weighted by Crippen LogP contribution is -2.54. The Labute approximate surface area is 243 Å². The Hall–Kier alpha value is -4.13. The molecule has 1 aliphatic carbocycles. The van der Waals surface area contributed by atoms with Crippen molar-refractivity contribution in [2.75, 3.05) is 5.32 Å². The lowest BCUT2D eigenvalue weighted by atomic mass is 9.99. The van der Waals surface area contributed by atoms with Crippen LogP contribution in [-0.2, 0) is 20.7 Å². The molecule has 2 atom stereocenters. The van der Waals surface area contributed by atoms with Crippen LogP contribution in [-0.4, -0.2) is 40.5 Å². The summed E-state index contributed by atoms with van der Waals surface area (Å²) in [6.45, 7) is 11.2. The third kappa shape index (κ3) is 7.97. The third-order valence-electron chi connectivity index (χ3n) is 7.12. The number of amides is 3. The van der Waals surface area contributed by atoms with Crippen LogP contribution in [0.1, 0.15) is 67.5 Å². The zero-order valence-electron chi connectivity index (χ0n) is 24.9. The van der Waals surface area contributed by atoms with E-state index in [1.54, 1.807) is 25.7 Å². The SMILES string of the molecule is Cc1ccc(C(C(=O)Nc2c(C)cccc2C)N(C(=O)C(Cc2ccccc2)NC(=O)OC(C)(C)C)C2CC2)cc1. The first kappa shape index (κ1) is 29.8. The van der Waals surface area contributed by atoms with E-state index in [2.05, 4.69) is 10.6 Å². The van der Waals surface area contributed by atoms with Gasteiger partial charge in [-0.05, 0) is 76.6 Å². The molecule has 0 aromatic heterocycles. The lowest BCUT2D eigenvalue weighted by molar-refractivity contribution is -0.141. The number of aryl methyl sites for hydroxylation is 3. The number of carbonyl (C=O) groups is 3. The van der Waals surface area contributed by atoms with Crippen molar-refractivity contribution in [3.05, 3.63) is 101 Å². The Morgan fingerprint density at radius 2 is 1.49 bits per heavy atom. The van der Waals surface area contributed by atoms with Crippen LogP contribution in [0.15, 0.2) is 72.8 Å². The van der Waals surface area contributed by atoms with Gasteiger partial charge in [0.2, 0.25) is 5.91 Å². The quantitative estimate of drug-likeness (QED) is 0.319. The number of carbonyl (C=O) groups excluding carboxylic acids is 3. The standard InChI is InChI=1S/C34H41N3O4/c1-22-15-17-26(18-16-22)30(31(38)36-29-23(2)11-10-12-24(29)3)37(27-19-20-27)32(39)28(21-25-13-8-7-9-14-25)35-33(40)41-34(4,5)6/h7-18,27-28,30H,19-21H2,1-6H3,(H,35,40)(H,36,38). The maximum atomic E-state index is 14.5. The highest BCUT2D eigenvalue weighted by Crippen LogP contribution is 2.37. The first-order chi connectivity index (χ1) is 19.4. The minimum Gasteiger partial charge on any atom is -0.444 e. The minimum atomic E-state index is -0.922. The molecule has 0 heterocycles. The summed E-state index contributed by atoms with van der Waals surface area (Å²) in [4.78, 5) is 43.2. The number of para-hydroxylation sites is 1. The fourth-order valence-corrected chi connectivity index (χ4v) is 4.94. The fraction of sp³-hybridized carbons (Fsp3) is 0.382. The number of anilines is 1. The number of benzene rings is 3. The second-order valence-electron chi connectivity index (χ2n) is 11.9. The molecule has 2 unspecified atom stereocenters. The topological polar surface area (TPSA) is 87.7 Å². The molecule has 216 valence electrons. The molecule has 0 spiro atoms. The maximum absolute atomic E-state index is 14.5. The van der Waals surface area contributed by atoms with Crippen molar-refractivity contribution in [2.45, 2.75) is 84.5 Å².